The summed E-state index contributed by atoms with van der Waals surface area (Å²) in [6, 6.07) is 15.4. The van der Waals surface area contributed by atoms with Crippen molar-refractivity contribution in [3.63, 3.8) is 0 Å². The molecular weight excluding hydrogens is 492 g/mol. The van der Waals surface area contributed by atoms with Crippen LogP contribution in [0.5, 0.6) is 17.2 Å². The molecule has 0 amide bonds. The van der Waals surface area contributed by atoms with Crippen LogP contribution in [0, 0.1) is 6.92 Å². The van der Waals surface area contributed by atoms with E-state index in [-0.39, 0.29) is 28.1 Å². The predicted octanol–water partition coefficient (Wildman–Crippen LogP) is 9.65. The zero-order valence-corrected chi connectivity index (χ0v) is 24.9. The average Bonchev–Trinajstić information content (AvgIpc) is 2.85. The van der Waals surface area contributed by atoms with E-state index in [0.717, 1.165) is 45.0 Å². The minimum Gasteiger partial charge on any atom is -0.507 e. The van der Waals surface area contributed by atoms with E-state index in [0.29, 0.717) is 12.0 Å². The SMILES string of the molecule is C=CCc1cc(-c2c(O)ccc3c(-c4cc(CC=C)c(O)c(C(C)(C)C)c4)c(O)ccc23)cc(C(C)(C)C)c1C. The Morgan fingerprint density at radius 1 is 0.625 bits per heavy atom. The van der Waals surface area contributed by atoms with Gasteiger partial charge in [0, 0.05) is 16.7 Å². The lowest BCUT2D eigenvalue weighted by molar-refractivity contribution is 0.441. The second kappa shape index (κ2) is 10.5. The van der Waals surface area contributed by atoms with Gasteiger partial charge in [-0.2, -0.15) is 0 Å². The Hall–Kier alpha value is -3.98. The van der Waals surface area contributed by atoms with Crippen molar-refractivity contribution in [3.05, 3.63) is 102 Å². The third-order valence-corrected chi connectivity index (χ3v) is 7.78. The Morgan fingerprint density at radius 2 is 1.05 bits per heavy atom. The molecule has 208 valence electrons. The second-order valence-corrected chi connectivity index (χ2v) is 12.8. The Kier molecular flexibility index (Phi) is 7.64. The van der Waals surface area contributed by atoms with E-state index < -0.39 is 0 Å². The molecule has 4 aromatic rings. The van der Waals surface area contributed by atoms with Crippen LogP contribution in [-0.2, 0) is 23.7 Å². The van der Waals surface area contributed by atoms with Crippen LogP contribution in [0.4, 0.5) is 0 Å². The maximum absolute atomic E-state index is 11.3. The molecule has 0 unspecified atom stereocenters. The first-order chi connectivity index (χ1) is 18.7. The first kappa shape index (κ1) is 29.0. The quantitative estimate of drug-likeness (QED) is 0.216. The molecule has 3 N–H and O–H groups in total. The minimum atomic E-state index is -0.313. The van der Waals surface area contributed by atoms with Gasteiger partial charge in [0.05, 0.1) is 0 Å². The molecule has 0 spiro atoms. The summed E-state index contributed by atoms with van der Waals surface area (Å²) in [6.45, 7) is 22.8. The molecule has 3 nitrogen and oxygen atoms in total. The van der Waals surface area contributed by atoms with Gasteiger partial charge in [0.25, 0.3) is 0 Å². The molecule has 0 heterocycles. The van der Waals surface area contributed by atoms with Gasteiger partial charge in [-0.3, -0.25) is 0 Å². The van der Waals surface area contributed by atoms with Crippen LogP contribution in [0.3, 0.4) is 0 Å². The Labute approximate surface area is 239 Å². The van der Waals surface area contributed by atoms with Crippen LogP contribution in [0.2, 0.25) is 0 Å². The van der Waals surface area contributed by atoms with Gasteiger partial charge in [0.2, 0.25) is 0 Å². The lowest BCUT2D eigenvalue weighted by Gasteiger charge is -2.26. The first-order valence-electron chi connectivity index (χ1n) is 13.9. The fourth-order valence-corrected chi connectivity index (χ4v) is 5.78. The molecule has 0 saturated carbocycles. The lowest BCUT2D eigenvalue weighted by atomic mass is 9.79. The number of hydrogen-bond donors (Lipinski definition) is 3. The van der Waals surface area contributed by atoms with Gasteiger partial charge in [-0.25, -0.2) is 0 Å². The van der Waals surface area contributed by atoms with Crippen molar-refractivity contribution in [1.29, 1.82) is 0 Å². The van der Waals surface area contributed by atoms with Crippen molar-refractivity contribution in [1.82, 2.24) is 0 Å². The summed E-state index contributed by atoms with van der Waals surface area (Å²) in [5.41, 5.74) is 7.95. The van der Waals surface area contributed by atoms with Gasteiger partial charge in [-0.1, -0.05) is 65.8 Å². The molecular formula is C37H42O3. The summed E-state index contributed by atoms with van der Waals surface area (Å²) in [5, 5.41) is 35.2. The van der Waals surface area contributed by atoms with Crippen LogP contribution in [0.25, 0.3) is 33.0 Å². The zero-order valence-electron chi connectivity index (χ0n) is 24.9. The van der Waals surface area contributed by atoms with E-state index in [1.807, 2.05) is 30.3 Å². The normalized spacial score (nSPS) is 12.1. The smallest absolute Gasteiger partial charge is 0.124 e. The highest BCUT2D eigenvalue weighted by Crippen LogP contribution is 2.47. The summed E-state index contributed by atoms with van der Waals surface area (Å²) < 4.78 is 0. The molecule has 0 radical (unpaired) electrons. The van der Waals surface area contributed by atoms with Gasteiger partial charge in [0.15, 0.2) is 0 Å². The number of fused-ring (bicyclic) bond motifs is 1. The van der Waals surface area contributed by atoms with E-state index in [4.69, 9.17) is 0 Å². The molecule has 0 aliphatic carbocycles. The molecule has 0 atom stereocenters. The van der Waals surface area contributed by atoms with Crippen molar-refractivity contribution in [3.8, 4) is 39.5 Å². The fraction of sp³-hybridized carbons (Fsp3) is 0.297. The van der Waals surface area contributed by atoms with E-state index in [2.05, 4.69) is 73.8 Å². The summed E-state index contributed by atoms with van der Waals surface area (Å²) in [6.07, 6.45) is 4.92. The van der Waals surface area contributed by atoms with E-state index in [1.165, 1.54) is 16.7 Å². The minimum absolute atomic E-state index is 0.0867. The number of phenols is 3. The van der Waals surface area contributed by atoms with Crippen LogP contribution >= 0.6 is 0 Å². The topological polar surface area (TPSA) is 60.7 Å². The second-order valence-electron chi connectivity index (χ2n) is 12.8. The van der Waals surface area contributed by atoms with Crippen molar-refractivity contribution in [2.45, 2.75) is 72.1 Å². The third kappa shape index (κ3) is 5.25. The number of aromatic hydroxyl groups is 3. The number of hydrogen-bond acceptors (Lipinski definition) is 3. The van der Waals surface area contributed by atoms with Gasteiger partial charge in [-0.15, -0.1) is 13.2 Å². The Balaban J connectivity index is 2.09. The van der Waals surface area contributed by atoms with Crippen LogP contribution in [-0.4, -0.2) is 15.3 Å². The highest BCUT2D eigenvalue weighted by molar-refractivity contribution is 6.08. The summed E-state index contributed by atoms with van der Waals surface area (Å²) >= 11 is 0. The first-order valence-corrected chi connectivity index (χ1v) is 13.9. The molecule has 3 heteroatoms. The predicted molar refractivity (Wildman–Crippen MR) is 170 cm³/mol. The van der Waals surface area contributed by atoms with Crippen molar-refractivity contribution < 1.29 is 15.3 Å². The lowest BCUT2D eigenvalue weighted by Crippen LogP contribution is -2.14. The highest BCUT2D eigenvalue weighted by atomic mass is 16.3. The largest absolute Gasteiger partial charge is 0.507 e. The van der Waals surface area contributed by atoms with E-state index >= 15 is 0 Å². The molecule has 4 rings (SSSR count). The summed E-state index contributed by atoms with van der Waals surface area (Å²) in [4.78, 5) is 0. The Bertz CT molecular complexity index is 1500. The van der Waals surface area contributed by atoms with Crippen LogP contribution < -0.4 is 0 Å². The van der Waals surface area contributed by atoms with Gasteiger partial charge >= 0.3 is 0 Å². The third-order valence-electron chi connectivity index (χ3n) is 7.78. The maximum atomic E-state index is 11.3. The number of allylic oxidation sites excluding steroid dienone is 2. The Morgan fingerprint density at radius 3 is 1.50 bits per heavy atom. The molecule has 0 bridgehead atoms. The van der Waals surface area contributed by atoms with E-state index in [9.17, 15) is 15.3 Å². The standard InChI is InChI=1S/C37H42O3/c1-10-12-23-18-25(20-29(22(23)3)36(4,5)6)33-27-14-17-32(39)34(28(27)15-16-31(33)38)26-19-24(13-11-2)35(40)30(21-26)37(7,8)9/h10-11,14-21,38-40H,1-2,12-13H2,3-9H3. The van der Waals surface area contributed by atoms with Gasteiger partial charge < -0.3 is 15.3 Å². The summed E-state index contributed by atoms with van der Waals surface area (Å²) in [7, 11) is 0. The molecule has 0 fully saturated rings. The van der Waals surface area contributed by atoms with Crippen molar-refractivity contribution in [2.75, 3.05) is 0 Å². The number of rotatable bonds is 6. The molecule has 4 aromatic carbocycles. The monoisotopic (exact) mass is 534 g/mol. The van der Waals surface area contributed by atoms with E-state index in [1.54, 1.807) is 18.2 Å². The summed E-state index contributed by atoms with van der Waals surface area (Å²) in [5.74, 6) is 0.593. The maximum Gasteiger partial charge on any atom is 0.124 e. The van der Waals surface area contributed by atoms with Gasteiger partial charge in [0.1, 0.15) is 17.2 Å². The number of benzene rings is 4. The van der Waals surface area contributed by atoms with Crippen LogP contribution in [0.15, 0.2) is 73.8 Å². The molecule has 0 saturated heterocycles. The van der Waals surface area contributed by atoms with Crippen molar-refractivity contribution >= 4 is 10.8 Å². The number of phenolic OH excluding ortho intramolecular Hbond substituents is 3. The van der Waals surface area contributed by atoms with Crippen molar-refractivity contribution in [2.24, 2.45) is 0 Å². The van der Waals surface area contributed by atoms with Crippen LogP contribution in [0.1, 0.15) is 69.4 Å². The molecule has 40 heavy (non-hydrogen) atoms. The molecule has 0 aliphatic rings. The molecule has 0 aromatic heterocycles. The highest BCUT2D eigenvalue weighted by Gasteiger charge is 2.25. The molecule has 0 aliphatic heterocycles. The van der Waals surface area contributed by atoms with Gasteiger partial charge in [-0.05, 0) is 111 Å². The zero-order chi connectivity index (χ0) is 29.6. The average molecular weight is 535 g/mol. The fourth-order valence-electron chi connectivity index (χ4n) is 5.78.